The number of nitrogens with one attached hydrogen (secondary N) is 3. The number of aryl methyl sites for hydroxylation is 1. The molecule has 1 saturated heterocycles. The Kier molecular flexibility index (Phi) is 13.0. The van der Waals surface area contributed by atoms with E-state index >= 15 is 0 Å². The van der Waals surface area contributed by atoms with Crippen LogP contribution in [0.4, 0.5) is 4.79 Å². The molecule has 274 valence electrons. The molecule has 0 saturated carbocycles. The molecule has 0 spiro atoms. The zero-order chi connectivity index (χ0) is 37.4. The quantitative estimate of drug-likeness (QED) is 0.180. The maximum Gasteiger partial charge on any atom is 0.407 e. The summed E-state index contributed by atoms with van der Waals surface area (Å²) in [6.45, 7) is 10.6. The van der Waals surface area contributed by atoms with E-state index < -0.39 is 66.0 Å². The van der Waals surface area contributed by atoms with Crippen molar-refractivity contribution in [2.24, 2.45) is 11.8 Å². The van der Waals surface area contributed by atoms with E-state index in [0.717, 1.165) is 16.0 Å². The van der Waals surface area contributed by atoms with E-state index in [1.807, 2.05) is 74.5 Å². The number of hydrogen-bond donors (Lipinski definition) is 4. The van der Waals surface area contributed by atoms with Crippen molar-refractivity contribution in [1.29, 1.82) is 0 Å². The number of nitrogens with zero attached hydrogens (tertiary/aromatic N) is 2. The molecule has 1 aliphatic heterocycles. The van der Waals surface area contributed by atoms with Crippen LogP contribution in [-0.2, 0) is 19.2 Å². The number of likely N-dealkylation sites (N-methyl/N-ethyl adjacent to an activating group) is 1. The van der Waals surface area contributed by atoms with Crippen LogP contribution < -0.4 is 16.0 Å². The number of rotatable bonds is 14. The van der Waals surface area contributed by atoms with Gasteiger partial charge in [0, 0.05) is 7.05 Å². The minimum atomic E-state index is -1.28. The number of likely N-dealkylation sites (tertiary alicyclic amines) is 1. The highest BCUT2D eigenvalue weighted by atomic mass is 16.4. The SMILES string of the molecule is CC[C@H](C)[C@H](NC(=O)[C@@H]1CC[C@H](c2ccc(C)o2)N1C(=O)[C@@H](NC(=O)[C@H](C)N(C)C(=O)O)C(C)C)C(=O)NC(c1ccccc1)c1ccccc1. The molecular formula is C39H51N5O7. The van der Waals surface area contributed by atoms with Crippen molar-refractivity contribution in [2.45, 2.75) is 97.1 Å². The normalized spacial score (nSPS) is 18.1. The molecule has 2 heterocycles. The molecule has 5 amide bonds. The monoisotopic (exact) mass is 701 g/mol. The summed E-state index contributed by atoms with van der Waals surface area (Å²) in [6, 6.07) is 17.7. The topological polar surface area (TPSA) is 161 Å². The van der Waals surface area contributed by atoms with Crippen molar-refractivity contribution in [3.05, 3.63) is 95.4 Å². The van der Waals surface area contributed by atoms with Crippen LogP contribution in [0.2, 0.25) is 0 Å². The van der Waals surface area contributed by atoms with Crippen LogP contribution in [0, 0.1) is 18.8 Å². The first-order valence-corrected chi connectivity index (χ1v) is 17.6. The van der Waals surface area contributed by atoms with E-state index in [2.05, 4.69) is 16.0 Å². The Labute approximate surface area is 299 Å². The van der Waals surface area contributed by atoms with Crippen LogP contribution in [0.5, 0.6) is 0 Å². The van der Waals surface area contributed by atoms with Gasteiger partial charge in [0.2, 0.25) is 23.6 Å². The lowest BCUT2D eigenvalue weighted by Gasteiger charge is -2.35. The lowest BCUT2D eigenvalue weighted by atomic mass is 9.94. The van der Waals surface area contributed by atoms with Gasteiger partial charge in [0.1, 0.15) is 35.7 Å². The minimum Gasteiger partial charge on any atom is -0.465 e. The molecule has 0 unspecified atom stereocenters. The summed E-state index contributed by atoms with van der Waals surface area (Å²) in [4.78, 5) is 70.0. The highest BCUT2D eigenvalue weighted by molar-refractivity contribution is 5.96. The number of furan rings is 1. The smallest absolute Gasteiger partial charge is 0.407 e. The Morgan fingerprint density at radius 2 is 1.41 bits per heavy atom. The van der Waals surface area contributed by atoms with Gasteiger partial charge in [-0.15, -0.1) is 0 Å². The first-order chi connectivity index (χ1) is 24.2. The second-order valence-corrected chi connectivity index (χ2v) is 13.7. The standard InChI is InChI=1S/C39H51N5O7/c1-8-24(4)33(37(47)42-34(27-15-11-9-12-16-27)28-17-13-10-14-18-28)41-36(46)30-21-20-29(31-22-19-25(5)51-31)44(30)38(48)32(23(2)3)40-35(45)26(6)43(7)39(49)50/h9-19,22-24,26,29-30,32-34H,8,20-21H2,1-7H3,(H,40,45)(H,41,46)(H,42,47)(H,49,50)/t24-,26-,29+,30-,32-,33-/m0/s1. The third kappa shape index (κ3) is 9.16. The van der Waals surface area contributed by atoms with Gasteiger partial charge in [0.15, 0.2) is 0 Å². The van der Waals surface area contributed by atoms with Crippen LogP contribution in [0.1, 0.15) is 88.6 Å². The third-order valence-corrected chi connectivity index (χ3v) is 9.87. The zero-order valence-corrected chi connectivity index (χ0v) is 30.5. The Morgan fingerprint density at radius 3 is 1.90 bits per heavy atom. The number of hydrogen-bond acceptors (Lipinski definition) is 6. The van der Waals surface area contributed by atoms with Crippen LogP contribution in [-0.4, -0.2) is 75.8 Å². The number of carbonyl (C=O) groups excluding carboxylic acids is 4. The molecule has 0 aliphatic carbocycles. The lowest BCUT2D eigenvalue weighted by Crippen LogP contribution is -2.59. The summed E-state index contributed by atoms with van der Waals surface area (Å²) in [5.74, 6) is -1.48. The molecule has 4 N–H and O–H groups in total. The van der Waals surface area contributed by atoms with Gasteiger partial charge in [-0.3, -0.25) is 24.1 Å². The number of carbonyl (C=O) groups is 5. The van der Waals surface area contributed by atoms with E-state index in [1.54, 1.807) is 32.9 Å². The maximum absolute atomic E-state index is 14.5. The number of benzene rings is 2. The van der Waals surface area contributed by atoms with Crippen molar-refractivity contribution in [2.75, 3.05) is 7.05 Å². The molecule has 4 rings (SSSR count). The van der Waals surface area contributed by atoms with Crippen molar-refractivity contribution < 1.29 is 33.5 Å². The van der Waals surface area contributed by atoms with Crippen LogP contribution in [0.15, 0.2) is 77.2 Å². The van der Waals surface area contributed by atoms with Gasteiger partial charge in [-0.2, -0.15) is 0 Å². The highest BCUT2D eigenvalue weighted by Crippen LogP contribution is 2.38. The molecular weight excluding hydrogens is 650 g/mol. The molecule has 12 nitrogen and oxygen atoms in total. The van der Waals surface area contributed by atoms with Crippen molar-refractivity contribution in [3.63, 3.8) is 0 Å². The Morgan fingerprint density at radius 1 is 0.824 bits per heavy atom. The Hall–Kier alpha value is -5.13. The predicted octanol–water partition coefficient (Wildman–Crippen LogP) is 5.20. The fraction of sp³-hybridized carbons (Fsp3) is 0.462. The van der Waals surface area contributed by atoms with E-state index in [0.29, 0.717) is 30.8 Å². The second kappa shape index (κ2) is 17.2. The molecule has 1 fully saturated rings. The van der Waals surface area contributed by atoms with E-state index in [9.17, 15) is 29.1 Å². The van der Waals surface area contributed by atoms with E-state index in [1.165, 1.54) is 18.9 Å². The molecule has 2 aromatic carbocycles. The van der Waals surface area contributed by atoms with Crippen molar-refractivity contribution in [3.8, 4) is 0 Å². The van der Waals surface area contributed by atoms with E-state index in [4.69, 9.17) is 4.42 Å². The Balaban J connectivity index is 1.63. The predicted molar refractivity (Wildman–Crippen MR) is 192 cm³/mol. The van der Waals surface area contributed by atoms with E-state index in [-0.39, 0.29) is 11.8 Å². The van der Waals surface area contributed by atoms with Gasteiger partial charge in [-0.05, 0) is 61.8 Å². The summed E-state index contributed by atoms with van der Waals surface area (Å²) >= 11 is 0. The van der Waals surface area contributed by atoms with Crippen molar-refractivity contribution in [1.82, 2.24) is 25.8 Å². The van der Waals surface area contributed by atoms with Gasteiger partial charge < -0.3 is 30.4 Å². The molecule has 12 heteroatoms. The summed E-state index contributed by atoms with van der Waals surface area (Å²) in [5.41, 5.74) is 1.78. The lowest BCUT2D eigenvalue weighted by molar-refractivity contribution is -0.146. The molecule has 6 atom stereocenters. The number of amides is 5. The summed E-state index contributed by atoms with van der Waals surface area (Å²) in [6.07, 6.45) is 0.0297. The Bertz CT molecular complexity index is 1620. The van der Waals surface area contributed by atoms with Crippen LogP contribution in [0.25, 0.3) is 0 Å². The van der Waals surface area contributed by atoms with Crippen molar-refractivity contribution >= 4 is 29.7 Å². The fourth-order valence-corrected chi connectivity index (χ4v) is 6.41. The van der Waals surface area contributed by atoms with Crippen LogP contribution in [0.3, 0.4) is 0 Å². The fourth-order valence-electron chi connectivity index (χ4n) is 6.41. The molecule has 1 aromatic heterocycles. The summed E-state index contributed by atoms with van der Waals surface area (Å²) in [5, 5.41) is 18.3. The highest BCUT2D eigenvalue weighted by Gasteiger charge is 2.47. The minimum absolute atomic E-state index is 0.245. The van der Waals surface area contributed by atoms with Gasteiger partial charge in [-0.25, -0.2) is 4.79 Å². The van der Waals surface area contributed by atoms with Gasteiger partial charge in [-0.1, -0.05) is 94.8 Å². The van der Waals surface area contributed by atoms with Crippen LogP contribution >= 0.6 is 0 Å². The average Bonchev–Trinajstić information content (AvgIpc) is 3.77. The third-order valence-electron chi connectivity index (χ3n) is 9.87. The number of carboxylic acid groups (broad SMARTS) is 1. The summed E-state index contributed by atoms with van der Waals surface area (Å²) < 4.78 is 5.95. The summed E-state index contributed by atoms with van der Waals surface area (Å²) in [7, 11) is 1.28. The molecule has 0 radical (unpaired) electrons. The van der Waals surface area contributed by atoms with Gasteiger partial charge >= 0.3 is 6.09 Å². The second-order valence-electron chi connectivity index (χ2n) is 13.7. The first kappa shape index (κ1) is 38.7. The largest absolute Gasteiger partial charge is 0.465 e. The van der Waals surface area contributed by atoms with Gasteiger partial charge in [0.05, 0.1) is 12.1 Å². The molecule has 51 heavy (non-hydrogen) atoms. The maximum atomic E-state index is 14.5. The zero-order valence-electron chi connectivity index (χ0n) is 30.5. The van der Waals surface area contributed by atoms with Gasteiger partial charge in [0.25, 0.3) is 0 Å². The molecule has 0 bridgehead atoms. The average molecular weight is 702 g/mol. The first-order valence-electron chi connectivity index (χ1n) is 17.6. The molecule has 1 aliphatic rings. The molecule has 3 aromatic rings.